The summed E-state index contributed by atoms with van der Waals surface area (Å²) in [4.78, 5) is 14.7. The summed E-state index contributed by atoms with van der Waals surface area (Å²) in [6, 6.07) is 11.9. The Morgan fingerprint density at radius 2 is 1.86 bits per heavy atom. The number of aliphatic imine (C=N–C) groups is 1. The summed E-state index contributed by atoms with van der Waals surface area (Å²) in [6.45, 7) is 3.50. The topological polar surface area (TPSA) is 126 Å². The third kappa shape index (κ3) is 6.46. The third-order valence-electron chi connectivity index (χ3n) is 4.26. The molecular formula is C19H25N5O4S. The SMILES string of the molecule is CN=C(NCCNc1ccc(S(C)(=O)=O)cc1[N+](=O)[O-])NCc1ccccc1C. The van der Waals surface area contributed by atoms with Crippen LogP contribution in [0.3, 0.4) is 0 Å². The van der Waals surface area contributed by atoms with E-state index in [9.17, 15) is 18.5 Å². The highest BCUT2D eigenvalue weighted by Crippen LogP contribution is 2.27. The molecule has 0 saturated carbocycles. The summed E-state index contributed by atoms with van der Waals surface area (Å²) in [6.07, 6.45) is 1.01. The van der Waals surface area contributed by atoms with Gasteiger partial charge in [-0.1, -0.05) is 24.3 Å². The molecule has 0 heterocycles. The standard InChI is InChI=1S/C19H25N5O4S/c1-14-6-4-5-7-15(14)13-23-19(20-2)22-11-10-21-17-9-8-16(29(3,27)28)12-18(17)24(25)26/h4-9,12,21H,10-11,13H2,1-3H3,(H2,20,22,23). The van der Waals surface area contributed by atoms with E-state index in [1.54, 1.807) is 7.05 Å². The lowest BCUT2D eigenvalue weighted by atomic mass is 10.1. The van der Waals surface area contributed by atoms with Crippen LogP contribution in [0, 0.1) is 17.0 Å². The van der Waals surface area contributed by atoms with E-state index < -0.39 is 14.8 Å². The number of anilines is 1. The van der Waals surface area contributed by atoms with Crippen LogP contribution in [0.5, 0.6) is 0 Å². The molecule has 0 radical (unpaired) electrons. The molecule has 0 bridgehead atoms. The number of nitrogens with zero attached hydrogens (tertiary/aromatic N) is 2. The Hall–Kier alpha value is -3.14. The first kappa shape index (κ1) is 22.2. The zero-order chi connectivity index (χ0) is 21.4. The summed E-state index contributed by atoms with van der Waals surface area (Å²) in [5.74, 6) is 0.608. The maximum atomic E-state index is 11.6. The first-order chi connectivity index (χ1) is 13.7. The van der Waals surface area contributed by atoms with Gasteiger partial charge in [-0.15, -0.1) is 0 Å². The Balaban J connectivity index is 1.90. The van der Waals surface area contributed by atoms with Crippen molar-refractivity contribution >= 4 is 27.2 Å². The minimum Gasteiger partial charge on any atom is -0.378 e. The number of sulfone groups is 1. The molecule has 0 saturated heterocycles. The van der Waals surface area contributed by atoms with Gasteiger partial charge in [0.05, 0.1) is 9.82 Å². The van der Waals surface area contributed by atoms with Crippen LogP contribution >= 0.6 is 0 Å². The van der Waals surface area contributed by atoms with Crippen molar-refractivity contribution < 1.29 is 13.3 Å². The lowest BCUT2D eigenvalue weighted by Crippen LogP contribution is -2.39. The number of benzene rings is 2. The lowest BCUT2D eigenvalue weighted by Gasteiger charge is -2.14. The second-order valence-corrected chi connectivity index (χ2v) is 8.43. The maximum absolute atomic E-state index is 11.6. The highest BCUT2D eigenvalue weighted by atomic mass is 32.2. The number of nitrogens with one attached hydrogen (secondary N) is 3. The molecule has 0 aliphatic heterocycles. The molecule has 0 aromatic heterocycles. The highest BCUT2D eigenvalue weighted by Gasteiger charge is 2.18. The fourth-order valence-electron chi connectivity index (χ4n) is 2.63. The van der Waals surface area contributed by atoms with Crippen LogP contribution in [-0.2, 0) is 16.4 Å². The van der Waals surface area contributed by atoms with Crippen molar-refractivity contribution in [3.05, 3.63) is 63.7 Å². The number of nitro groups is 1. The Morgan fingerprint density at radius 3 is 2.48 bits per heavy atom. The van der Waals surface area contributed by atoms with Crippen LogP contribution in [0.1, 0.15) is 11.1 Å². The van der Waals surface area contributed by atoms with Crippen LogP contribution in [-0.4, -0.2) is 45.7 Å². The van der Waals surface area contributed by atoms with Gasteiger partial charge >= 0.3 is 0 Å². The van der Waals surface area contributed by atoms with Gasteiger partial charge in [0.2, 0.25) is 0 Å². The first-order valence-electron chi connectivity index (χ1n) is 8.93. The van der Waals surface area contributed by atoms with Crippen molar-refractivity contribution in [2.75, 3.05) is 31.7 Å². The molecule has 0 unspecified atom stereocenters. The molecule has 9 nitrogen and oxygen atoms in total. The van der Waals surface area contributed by atoms with Gasteiger partial charge in [-0.25, -0.2) is 8.42 Å². The summed E-state index contributed by atoms with van der Waals surface area (Å²) >= 11 is 0. The molecule has 3 N–H and O–H groups in total. The number of aryl methyl sites for hydroxylation is 1. The van der Waals surface area contributed by atoms with Gasteiger partial charge in [-0.3, -0.25) is 15.1 Å². The fourth-order valence-corrected chi connectivity index (χ4v) is 3.27. The zero-order valence-corrected chi connectivity index (χ0v) is 17.4. The largest absolute Gasteiger partial charge is 0.378 e. The second-order valence-electron chi connectivity index (χ2n) is 6.41. The Labute approximate surface area is 170 Å². The molecule has 29 heavy (non-hydrogen) atoms. The average Bonchev–Trinajstić information content (AvgIpc) is 2.67. The van der Waals surface area contributed by atoms with Crippen molar-refractivity contribution in [1.82, 2.24) is 10.6 Å². The predicted octanol–water partition coefficient (Wildman–Crippen LogP) is 2.08. The second kappa shape index (κ2) is 9.87. The Morgan fingerprint density at radius 1 is 1.14 bits per heavy atom. The highest BCUT2D eigenvalue weighted by molar-refractivity contribution is 7.90. The molecule has 2 aromatic rings. The van der Waals surface area contributed by atoms with E-state index in [0.29, 0.717) is 25.6 Å². The van der Waals surface area contributed by atoms with E-state index in [0.717, 1.165) is 17.9 Å². The molecular weight excluding hydrogens is 394 g/mol. The fraction of sp³-hybridized carbons (Fsp3) is 0.316. The summed E-state index contributed by atoms with van der Waals surface area (Å²) in [5.41, 5.74) is 2.32. The summed E-state index contributed by atoms with van der Waals surface area (Å²) in [7, 11) is -1.85. The Kier molecular flexibility index (Phi) is 7.54. The lowest BCUT2D eigenvalue weighted by molar-refractivity contribution is -0.384. The predicted molar refractivity (Wildman–Crippen MR) is 114 cm³/mol. The maximum Gasteiger partial charge on any atom is 0.293 e. The van der Waals surface area contributed by atoms with Gasteiger partial charge in [0.1, 0.15) is 5.69 Å². The third-order valence-corrected chi connectivity index (χ3v) is 5.37. The Bertz CT molecular complexity index is 1010. The van der Waals surface area contributed by atoms with Gasteiger partial charge < -0.3 is 16.0 Å². The number of hydrogen-bond acceptors (Lipinski definition) is 6. The monoisotopic (exact) mass is 419 g/mol. The van der Waals surface area contributed by atoms with Crippen molar-refractivity contribution in [1.29, 1.82) is 0 Å². The minimum atomic E-state index is -3.52. The van der Waals surface area contributed by atoms with E-state index in [1.807, 2.05) is 31.2 Å². The van der Waals surface area contributed by atoms with Gasteiger partial charge in [-0.05, 0) is 30.2 Å². The van der Waals surface area contributed by atoms with Crippen molar-refractivity contribution in [2.24, 2.45) is 4.99 Å². The van der Waals surface area contributed by atoms with Gasteiger partial charge in [0.25, 0.3) is 5.69 Å². The molecule has 0 atom stereocenters. The van der Waals surface area contributed by atoms with Gasteiger partial charge in [0, 0.05) is 39.0 Å². The molecule has 0 aliphatic rings. The first-order valence-corrected chi connectivity index (χ1v) is 10.8. The smallest absolute Gasteiger partial charge is 0.293 e. The molecule has 2 rings (SSSR count). The normalized spacial score (nSPS) is 11.8. The number of nitro benzene ring substituents is 1. The molecule has 0 aliphatic carbocycles. The van der Waals surface area contributed by atoms with E-state index in [4.69, 9.17) is 0 Å². The molecule has 0 spiro atoms. The van der Waals surface area contributed by atoms with Crippen LogP contribution < -0.4 is 16.0 Å². The van der Waals surface area contributed by atoms with Gasteiger partial charge in [-0.2, -0.15) is 0 Å². The van der Waals surface area contributed by atoms with Gasteiger partial charge in [0.15, 0.2) is 15.8 Å². The van der Waals surface area contributed by atoms with Crippen LogP contribution in [0.15, 0.2) is 52.4 Å². The molecule has 2 aromatic carbocycles. The quantitative estimate of drug-likeness (QED) is 0.197. The van der Waals surface area contributed by atoms with Crippen molar-refractivity contribution in [2.45, 2.75) is 18.4 Å². The number of hydrogen-bond donors (Lipinski definition) is 3. The van der Waals surface area contributed by atoms with Crippen molar-refractivity contribution in [3.63, 3.8) is 0 Å². The van der Waals surface area contributed by atoms with E-state index in [-0.39, 0.29) is 16.3 Å². The summed E-state index contributed by atoms with van der Waals surface area (Å²) in [5, 5.41) is 20.6. The van der Waals surface area contributed by atoms with Crippen LogP contribution in [0.2, 0.25) is 0 Å². The summed E-state index contributed by atoms with van der Waals surface area (Å²) < 4.78 is 23.2. The number of guanidine groups is 1. The molecule has 0 amide bonds. The zero-order valence-electron chi connectivity index (χ0n) is 16.6. The van der Waals surface area contributed by atoms with Crippen LogP contribution in [0.4, 0.5) is 11.4 Å². The van der Waals surface area contributed by atoms with E-state index in [2.05, 4.69) is 20.9 Å². The van der Waals surface area contributed by atoms with E-state index in [1.165, 1.54) is 17.7 Å². The molecule has 0 fully saturated rings. The van der Waals surface area contributed by atoms with Crippen molar-refractivity contribution in [3.8, 4) is 0 Å². The average molecular weight is 420 g/mol. The molecule has 156 valence electrons. The molecule has 10 heteroatoms. The minimum absolute atomic E-state index is 0.0892. The number of rotatable bonds is 8. The van der Waals surface area contributed by atoms with E-state index >= 15 is 0 Å². The van der Waals surface area contributed by atoms with Crippen LogP contribution in [0.25, 0.3) is 0 Å².